The Kier molecular flexibility index (Phi) is 5.45. The number of hydrogen-bond acceptors (Lipinski definition) is 7. The van der Waals surface area contributed by atoms with Gasteiger partial charge in [0, 0.05) is 34.9 Å². The Bertz CT molecular complexity index is 1080. The van der Waals surface area contributed by atoms with Crippen LogP contribution in [0.2, 0.25) is 0 Å². The van der Waals surface area contributed by atoms with Crippen LogP contribution >= 0.6 is 22.7 Å². The van der Waals surface area contributed by atoms with Gasteiger partial charge in [0.1, 0.15) is 5.75 Å². The van der Waals surface area contributed by atoms with Gasteiger partial charge in [-0.1, -0.05) is 11.3 Å². The summed E-state index contributed by atoms with van der Waals surface area (Å²) in [6, 6.07) is 11.4. The summed E-state index contributed by atoms with van der Waals surface area (Å²) in [5.41, 5.74) is 2.77. The van der Waals surface area contributed by atoms with Crippen molar-refractivity contribution in [3.63, 3.8) is 0 Å². The maximum atomic E-state index is 12.2. The predicted molar refractivity (Wildman–Crippen MR) is 107 cm³/mol. The zero-order chi connectivity index (χ0) is 20.3. The SMILES string of the molecule is FC(F)(F)Oc1ccc(Nc2nnc(-c3ccsc3Cc3ccncc3)s2)cc1. The molecule has 4 aromatic rings. The van der Waals surface area contributed by atoms with Crippen molar-refractivity contribution in [3.8, 4) is 16.3 Å². The molecule has 0 saturated heterocycles. The van der Waals surface area contributed by atoms with Crippen molar-refractivity contribution in [3.05, 3.63) is 70.7 Å². The average Bonchev–Trinajstić information content (AvgIpc) is 3.32. The lowest BCUT2D eigenvalue weighted by Crippen LogP contribution is -2.16. The van der Waals surface area contributed by atoms with E-state index in [1.165, 1.54) is 40.5 Å². The zero-order valence-corrected chi connectivity index (χ0v) is 16.3. The summed E-state index contributed by atoms with van der Waals surface area (Å²) in [5.74, 6) is -0.278. The highest BCUT2D eigenvalue weighted by molar-refractivity contribution is 7.19. The van der Waals surface area contributed by atoms with Gasteiger partial charge in [0.2, 0.25) is 5.13 Å². The van der Waals surface area contributed by atoms with Crippen LogP contribution in [0.25, 0.3) is 10.6 Å². The number of thiophene rings is 1. The number of hydrogen-bond donors (Lipinski definition) is 1. The first-order valence-electron chi connectivity index (χ1n) is 8.38. The van der Waals surface area contributed by atoms with Crippen LogP contribution in [-0.4, -0.2) is 21.5 Å². The molecule has 29 heavy (non-hydrogen) atoms. The Morgan fingerprint density at radius 2 is 1.72 bits per heavy atom. The van der Waals surface area contributed by atoms with Gasteiger partial charge in [0.05, 0.1) is 0 Å². The Balaban J connectivity index is 1.46. The standard InChI is InChI=1S/C19H13F3N4OS2/c20-19(21,22)27-14-3-1-13(2-4-14)24-18-26-25-17(29-18)15-7-10-28-16(15)11-12-5-8-23-9-6-12/h1-10H,11H2,(H,24,26). The van der Waals surface area contributed by atoms with Crippen molar-refractivity contribution in [2.75, 3.05) is 5.32 Å². The molecule has 0 atom stereocenters. The maximum absolute atomic E-state index is 12.2. The summed E-state index contributed by atoms with van der Waals surface area (Å²) in [6.45, 7) is 0. The number of ether oxygens (including phenoxy) is 1. The van der Waals surface area contributed by atoms with E-state index in [2.05, 4.69) is 25.2 Å². The fraction of sp³-hybridized carbons (Fsp3) is 0.105. The van der Waals surface area contributed by atoms with Gasteiger partial charge < -0.3 is 10.1 Å². The number of aromatic nitrogens is 3. The van der Waals surface area contributed by atoms with Crippen molar-refractivity contribution in [2.24, 2.45) is 0 Å². The third-order valence-corrected chi connectivity index (χ3v) is 5.65. The van der Waals surface area contributed by atoms with E-state index in [1.54, 1.807) is 23.7 Å². The Morgan fingerprint density at radius 3 is 2.45 bits per heavy atom. The lowest BCUT2D eigenvalue weighted by molar-refractivity contribution is -0.274. The molecule has 0 radical (unpaired) electrons. The molecule has 0 bridgehead atoms. The highest BCUT2D eigenvalue weighted by Crippen LogP contribution is 2.34. The molecule has 0 amide bonds. The molecule has 0 saturated carbocycles. The second-order valence-corrected chi connectivity index (χ2v) is 7.88. The summed E-state index contributed by atoms with van der Waals surface area (Å²) < 4.78 is 40.6. The van der Waals surface area contributed by atoms with E-state index in [0.29, 0.717) is 10.8 Å². The number of anilines is 2. The molecule has 4 rings (SSSR count). The predicted octanol–water partition coefficient (Wildman–Crippen LogP) is 5.89. The summed E-state index contributed by atoms with van der Waals surface area (Å²) in [5, 5.41) is 14.8. The van der Waals surface area contributed by atoms with Gasteiger partial charge in [0.25, 0.3) is 0 Å². The Morgan fingerprint density at radius 1 is 0.966 bits per heavy atom. The van der Waals surface area contributed by atoms with Gasteiger partial charge in [-0.2, -0.15) is 0 Å². The minimum absolute atomic E-state index is 0.278. The molecule has 0 fully saturated rings. The first-order valence-corrected chi connectivity index (χ1v) is 10.1. The molecule has 5 nitrogen and oxygen atoms in total. The Labute approximate surface area is 171 Å². The molecule has 3 heterocycles. The van der Waals surface area contributed by atoms with E-state index < -0.39 is 6.36 Å². The van der Waals surface area contributed by atoms with E-state index in [0.717, 1.165) is 22.6 Å². The van der Waals surface area contributed by atoms with E-state index in [-0.39, 0.29) is 5.75 Å². The molecular formula is C19H13F3N4OS2. The topological polar surface area (TPSA) is 59.9 Å². The molecule has 0 spiro atoms. The third-order valence-electron chi connectivity index (χ3n) is 3.85. The van der Waals surface area contributed by atoms with Crippen LogP contribution in [0.5, 0.6) is 5.75 Å². The largest absolute Gasteiger partial charge is 0.573 e. The summed E-state index contributed by atoms with van der Waals surface area (Å²) >= 11 is 3.02. The van der Waals surface area contributed by atoms with E-state index in [4.69, 9.17) is 0 Å². The number of halogens is 3. The van der Waals surface area contributed by atoms with Gasteiger partial charge in [0.15, 0.2) is 5.01 Å². The maximum Gasteiger partial charge on any atom is 0.573 e. The van der Waals surface area contributed by atoms with E-state index in [9.17, 15) is 13.2 Å². The molecule has 148 valence electrons. The average molecular weight is 434 g/mol. The number of pyridine rings is 1. The molecule has 0 unspecified atom stereocenters. The van der Waals surface area contributed by atoms with Crippen LogP contribution in [0.3, 0.4) is 0 Å². The number of benzene rings is 1. The number of rotatable bonds is 6. The molecule has 3 aromatic heterocycles. The van der Waals surface area contributed by atoms with E-state index >= 15 is 0 Å². The lowest BCUT2D eigenvalue weighted by Gasteiger charge is -2.09. The van der Waals surface area contributed by atoms with Crippen molar-refractivity contribution in [1.82, 2.24) is 15.2 Å². The van der Waals surface area contributed by atoms with Crippen LogP contribution < -0.4 is 10.1 Å². The molecule has 0 aliphatic heterocycles. The highest BCUT2D eigenvalue weighted by Gasteiger charge is 2.30. The lowest BCUT2D eigenvalue weighted by atomic mass is 10.1. The summed E-state index contributed by atoms with van der Waals surface area (Å²) in [6.07, 6.45) is -0.405. The molecule has 0 aliphatic rings. The number of nitrogens with zero attached hydrogens (tertiary/aromatic N) is 3. The molecule has 10 heteroatoms. The number of nitrogens with one attached hydrogen (secondary N) is 1. The van der Waals surface area contributed by atoms with Crippen LogP contribution in [0.4, 0.5) is 24.0 Å². The molecule has 1 aromatic carbocycles. The first-order chi connectivity index (χ1) is 14.0. The van der Waals surface area contributed by atoms with Crippen molar-refractivity contribution in [1.29, 1.82) is 0 Å². The monoisotopic (exact) mass is 434 g/mol. The first kappa shape index (κ1) is 19.3. The quantitative estimate of drug-likeness (QED) is 0.410. The number of alkyl halides is 3. The van der Waals surface area contributed by atoms with Gasteiger partial charge in [-0.15, -0.1) is 34.7 Å². The highest BCUT2D eigenvalue weighted by atomic mass is 32.1. The molecule has 0 aliphatic carbocycles. The molecule has 1 N–H and O–H groups in total. The summed E-state index contributed by atoms with van der Waals surface area (Å²) in [7, 11) is 0. The fourth-order valence-corrected chi connectivity index (χ4v) is 4.39. The van der Waals surface area contributed by atoms with Crippen molar-refractivity contribution >= 4 is 33.5 Å². The minimum Gasteiger partial charge on any atom is -0.406 e. The van der Waals surface area contributed by atoms with Crippen LogP contribution in [0.15, 0.2) is 60.2 Å². The Hall–Kier alpha value is -2.98. The molecular weight excluding hydrogens is 421 g/mol. The van der Waals surface area contributed by atoms with Gasteiger partial charge in [-0.25, -0.2) is 0 Å². The zero-order valence-electron chi connectivity index (χ0n) is 14.7. The third kappa shape index (κ3) is 5.09. The van der Waals surface area contributed by atoms with Crippen molar-refractivity contribution in [2.45, 2.75) is 12.8 Å². The van der Waals surface area contributed by atoms with Gasteiger partial charge in [-0.05, 0) is 53.4 Å². The van der Waals surface area contributed by atoms with Crippen LogP contribution in [0, 0.1) is 0 Å². The van der Waals surface area contributed by atoms with Gasteiger partial charge in [-0.3, -0.25) is 4.98 Å². The van der Waals surface area contributed by atoms with E-state index in [1.807, 2.05) is 23.6 Å². The van der Waals surface area contributed by atoms with Gasteiger partial charge >= 0.3 is 6.36 Å². The van der Waals surface area contributed by atoms with Crippen LogP contribution in [-0.2, 0) is 6.42 Å². The second-order valence-electron chi connectivity index (χ2n) is 5.90. The minimum atomic E-state index is -4.71. The normalized spacial score (nSPS) is 11.4. The summed E-state index contributed by atoms with van der Waals surface area (Å²) in [4.78, 5) is 5.21. The van der Waals surface area contributed by atoms with Crippen molar-refractivity contribution < 1.29 is 17.9 Å². The second kappa shape index (κ2) is 8.18. The fourth-order valence-electron chi connectivity index (χ4n) is 2.60. The smallest absolute Gasteiger partial charge is 0.406 e. The van der Waals surface area contributed by atoms with Crippen LogP contribution in [0.1, 0.15) is 10.4 Å².